The smallest absolute Gasteiger partial charge is 0.203 e. The molecule has 0 amide bonds. The first-order chi connectivity index (χ1) is 10.4. The molecule has 0 atom stereocenters. The van der Waals surface area contributed by atoms with Crippen molar-refractivity contribution >= 4 is 0 Å². The molecule has 0 aliphatic rings. The van der Waals surface area contributed by atoms with Crippen molar-refractivity contribution in [1.29, 1.82) is 5.26 Å². The fourth-order valence-electron chi connectivity index (χ4n) is 2.15. The Labute approximate surface area is 122 Å². The Kier molecular flexibility index (Phi) is 3.81. The van der Waals surface area contributed by atoms with Crippen LogP contribution in [0.1, 0.15) is 17.1 Å². The predicted octanol–water partition coefficient (Wildman–Crippen LogP) is 2.63. The standard InChI is InChI=1S/C16H14N4O/c17-10-14-6-7-15(21-14)12-18-11-13-4-1-2-5-16(13)20-9-3-8-19-20/h1-9,18H,11-12H2. The van der Waals surface area contributed by atoms with Gasteiger partial charge in [0.2, 0.25) is 5.76 Å². The molecule has 0 unspecified atom stereocenters. The third-order valence-corrected chi connectivity index (χ3v) is 3.13. The predicted molar refractivity (Wildman–Crippen MR) is 77.5 cm³/mol. The van der Waals surface area contributed by atoms with Gasteiger partial charge in [-0.2, -0.15) is 10.4 Å². The van der Waals surface area contributed by atoms with Crippen molar-refractivity contribution in [3.63, 3.8) is 0 Å². The molecule has 5 nitrogen and oxygen atoms in total. The third kappa shape index (κ3) is 3.02. The van der Waals surface area contributed by atoms with Gasteiger partial charge in [-0.25, -0.2) is 4.68 Å². The SMILES string of the molecule is N#Cc1ccc(CNCc2ccccc2-n2cccn2)o1. The highest BCUT2D eigenvalue weighted by molar-refractivity contribution is 5.40. The molecule has 0 spiro atoms. The van der Waals surface area contributed by atoms with Crippen molar-refractivity contribution < 1.29 is 4.42 Å². The first-order valence-electron chi connectivity index (χ1n) is 6.64. The number of aromatic nitrogens is 2. The van der Waals surface area contributed by atoms with E-state index in [9.17, 15) is 0 Å². The summed E-state index contributed by atoms with van der Waals surface area (Å²) in [6.07, 6.45) is 3.68. The number of hydrogen-bond acceptors (Lipinski definition) is 4. The van der Waals surface area contributed by atoms with Crippen LogP contribution in [0.5, 0.6) is 0 Å². The Bertz CT molecular complexity index is 753. The molecule has 0 bridgehead atoms. The minimum Gasteiger partial charge on any atom is -0.449 e. The van der Waals surface area contributed by atoms with Crippen molar-refractivity contribution in [2.75, 3.05) is 0 Å². The monoisotopic (exact) mass is 278 g/mol. The molecule has 2 aromatic heterocycles. The summed E-state index contributed by atoms with van der Waals surface area (Å²) < 4.78 is 7.18. The molecule has 1 N–H and O–H groups in total. The summed E-state index contributed by atoms with van der Waals surface area (Å²) in [5, 5.41) is 16.3. The molecule has 0 aliphatic carbocycles. The number of benzene rings is 1. The average molecular weight is 278 g/mol. The molecule has 0 saturated heterocycles. The molecular weight excluding hydrogens is 264 g/mol. The van der Waals surface area contributed by atoms with Gasteiger partial charge in [0.1, 0.15) is 11.8 Å². The number of nitrogens with one attached hydrogen (secondary N) is 1. The molecule has 3 rings (SSSR count). The Morgan fingerprint density at radius 3 is 2.81 bits per heavy atom. The van der Waals surface area contributed by atoms with E-state index in [-0.39, 0.29) is 0 Å². The minimum absolute atomic E-state index is 0.337. The number of hydrogen-bond donors (Lipinski definition) is 1. The van der Waals surface area contributed by atoms with Gasteiger partial charge in [-0.05, 0) is 29.8 Å². The van der Waals surface area contributed by atoms with Crippen molar-refractivity contribution in [2.24, 2.45) is 0 Å². The van der Waals surface area contributed by atoms with Gasteiger partial charge in [-0.15, -0.1) is 0 Å². The first-order valence-corrected chi connectivity index (χ1v) is 6.64. The van der Waals surface area contributed by atoms with Crippen molar-refractivity contribution in [3.8, 4) is 11.8 Å². The molecule has 21 heavy (non-hydrogen) atoms. The zero-order valence-corrected chi connectivity index (χ0v) is 11.4. The van der Waals surface area contributed by atoms with Gasteiger partial charge < -0.3 is 9.73 Å². The molecule has 3 aromatic rings. The van der Waals surface area contributed by atoms with Crippen LogP contribution in [0.4, 0.5) is 0 Å². The number of para-hydroxylation sites is 1. The second-order valence-electron chi connectivity index (χ2n) is 4.56. The van der Waals surface area contributed by atoms with E-state index in [1.54, 1.807) is 12.3 Å². The van der Waals surface area contributed by atoms with Crippen molar-refractivity contribution in [3.05, 3.63) is 71.9 Å². The van der Waals surface area contributed by atoms with Crippen molar-refractivity contribution in [2.45, 2.75) is 13.1 Å². The van der Waals surface area contributed by atoms with E-state index in [0.29, 0.717) is 18.8 Å². The minimum atomic E-state index is 0.337. The topological polar surface area (TPSA) is 66.8 Å². The van der Waals surface area contributed by atoms with Gasteiger partial charge in [-0.3, -0.25) is 0 Å². The maximum atomic E-state index is 8.72. The maximum absolute atomic E-state index is 8.72. The van der Waals surface area contributed by atoms with E-state index in [1.807, 2.05) is 47.3 Å². The van der Waals surface area contributed by atoms with Gasteiger partial charge >= 0.3 is 0 Å². The summed E-state index contributed by atoms with van der Waals surface area (Å²) in [4.78, 5) is 0. The lowest BCUT2D eigenvalue weighted by molar-refractivity contribution is 0.473. The van der Waals surface area contributed by atoms with Crippen LogP contribution >= 0.6 is 0 Å². The molecule has 0 fully saturated rings. The van der Waals surface area contributed by atoms with Crippen molar-refractivity contribution in [1.82, 2.24) is 15.1 Å². The normalized spacial score (nSPS) is 10.4. The van der Waals surface area contributed by atoms with Crippen LogP contribution in [0, 0.1) is 11.3 Å². The van der Waals surface area contributed by atoms with E-state index in [2.05, 4.69) is 16.5 Å². The van der Waals surface area contributed by atoms with Crippen LogP contribution in [0.2, 0.25) is 0 Å². The summed E-state index contributed by atoms with van der Waals surface area (Å²) in [6, 6.07) is 15.5. The maximum Gasteiger partial charge on any atom is 0.203 e. The van der Waals surface area contributed by atoms with Crippen LogP contribution in [0.25, 0.3) is 5.69 Å². The molecule has 2 heterocycles. The highest BCUT2D eigenvalue weighted by atomic mass is 16.3. The quantitative estimate of drug-likeness (QED) is 0.779. The average Bonchev–Trinajstić information content (AvgIpc) is 3.19. The van der Waals surface area contributed by atoms with E-state index >= 15 is 0 Å². The third-order valence-electron chi connectivity index (χ3n) is 3.13. The molecule has 1 aromatic carbocycles. The Balaban J connectivity index is 1.67. The molecule has 0 saturated carbocycles. The lowest BCUT2D eigenvalue weighted by atomic mass is 10.2. The summed E-state index contributed by atoms with van der Waals surface area (Å²) >= 11 is 0. The van der Waals surface area contributed by atoms with Crippen LogP contribution < -0.4 is 5.32 Å². The molecule has 0 radical (unpaired) electrons. The number of furan rings is 1. The lowest BCUT2D eigenvalue weighted by Crippen LogP contribution is -2.14. The zero-order valence-electron chi connectivity index (χ0n) is 11.4. The van der Waals surface area contributed by atoms with Gasteiger partial charge in [0.15, 0.2) is 0 Å². The van der Waals surface area contributed by atoms with Gasteiger partial charge in [0.25, 0.3) is 0 Å². The Morgan fingerprint density at radius 2 is 2.05 bits per heavy atom. The summed E-state index contributed by atoms with van der Waals surface area (Å²) in [7, 11) is 0. The second kappa shape index (κ2) is 6.07. The van der Waals surface area contributed by atoms with Crippen LogP contribution in [0.3, 0.4) is 0 Å². The molecule has 0 aliphatic heterocycles. The fraction of sp³-hybridized carbons (Fsp3) is 0.125. The Morgan fingerprint density at radius 1 is 1.14 bits per heavy atom. The van der Waals surface area contributed by atoms with E-state index in [0.717, 1.165) is 17.0 Å². The lowest BCUT2D eigenvalue weighted by Gasteiger charge is -2.10. The number of rotatable bonds is 5. The highest BCUT2D eigenvalue weighted by Crippen LogP contribution is 2.13. The number of nitriles is 1. The summed E-state index contributed by atoms with van der Waals surface area (Å²) in [6.45, 7) is 1.27. The van der Waals surface area contributed by atoms with E-state index in [4.69, 9.17) is 9.68 Å². The molecule has 5 heteroatoms. The second-order valence-corrected chi connectivity index (χ2v) is 4.56. The first kappa shape index (κ1) is 13.2. The largest absolute Gasteiger partial charge is 0.449 e. The van der Waals surface area contributed by atoms with Gasteiger partial charge in [-0.1, -0.05) is 18.2 Å². The van der Waals surface area contributed by atoms with Crippen LogP contribution in [0.15, 0.2) is 59.3 Å². The highest BCUT2D eigenvalue weighted by Gasteiger charge is 2.05. The Hall–Kier alpha value is -2.84. The summed E-state index contributed by atoms with van der Waals surface area (Å²) in [5.41, 5.74) is 2.19. The van der Waals surface area contributed by atoms with Gasteiger partial charge in [0.05, 0.1) is 12.2 Å². The van der Waals surface area contributed by atoms with E-state index < -0.39 is 0 Å². The van der Waals surface area contributed by atoms with Crippen LogP contribution in [-0.2, 0) is 13.1 Å². The van der Waals surface area contributed by atoms with Crippen LogP contribution in [-0.4, -0.2) is 9.78 Å². The van der Waals surface area contributed by atoms with Gasteiger partial charge in [0, 0.05) is 18.9 Å². The molecule has 104 valence electrons. The molecular formula is C16H14N4O. The zero-order chi connectivity index (χ0) is 14.5. The fourth-order valence-corrected chi connectivity index (χ4v) is 2.15. The number of nitrogens with zero attached hydrogens (tertiary/aromatic N) is 3. The van der Waals surface area contributed by atoms with E-state index in [1.165, 1.54) is 0 Å². The summed E-state index contributed by atoms with van der Waals surface area (Å²) in [5.74, 6) is 1.09.